The molecule has 59 heavy (non-hydrogen) atoms. The van der Waals surface area contributed by atoms with Crippen molar-refractivity contribution >= 4 is 5.91 Å². The summed E-state index contributed by atoms with van der Waals surface area (Å²) < 4.78 is 11.2. The zero-order chi connectivity index (χ0) is 43.0. The van der Waals surface area contributed by atoms with E-state index in [9.17, 15) is 30.3 Å². The Labute approximate surface area is 361 Å². The smallest absolute Gasteiger partial charge is 0.220 e. The highest BCUT2D eigenvalue weighted by Crippen LogP contribution is 2.22. The van der Waals surface area contributed by atoms with E-state index in [-0.39, 0.29) is 12.5 Å². The van der Waals surface area contributed by atoms with Gasteiger partial charge in [0.25, 0.3) is 0 Å². The summed E-state index contributed by atoms with van der Waals surface area (Å²) in [5.41, 5.74) is 0. The first-order chi connectivity index (χ1) is 28.8. The van der Waals surface area contributed by atoms with Gasteiger partial charge in [-0.25, -0.2) is 0 Å². The second-order valence-electron chi connectivity index (χ2n) is 16.9. The third-order valence-corrected chi connectivity index (χ3v) is 11.4. The number of aliphatic hydroxyl groups excluding tert-OH is 5. The van der Waals surface area contributed by atoms with Crippen molar-refractivity contribution in [1.82, 2.24) is 5.32 Å². The summed E-state index contributed by atoms with van der Waals surface area (Å²) in [7, 11) is 0. The zero-order valence-electron chi connectivity index (χ0n) is 37.7. The van der Waals surface area contributed by atoms with Crippen LogP contribution in [0.5, 0.6) is 0 Å². The molecule has 0 aromatic carbocycles. The topological polar surface area (TPSA) is 149 Å². The first-order valence-corrected chi connectivity index (χ1v) is 24.4. The number of carbonyl (C=O) groups is 1. The Hall–Kier alpha value is -1.85. The molecule has 1 rings (SSSR count). The van der Waals surface area contributed by atoms with E-state index >= 15 is 0 Å². The van der Waals surface area contributed by atoms with Crippen LogP contribution >= 0.6 is 0 Å². The van der Waals surface area contributed by atoms with E-state index in [1.54, 1.807) is 6.08 Å². The summed E-state index contributed by atoms with van der Waals surface area (Å²) in [4.78, 5) is 12.9. The molecule has 0 aromatic heterocycles. The normalized spacial score (nSPS) is 21.1. The first kappa shape index (κ1) is 55.2. The summed E-state index contributed by atoms with van der Waals surface area (Å²) in [6.07, 6.45) is 44.5. The van der Waals surface area contributed by atoms with Crippen LogP contribution in [0.25, 0.3) is 0 Å². The lowest BCUT2D eigenvalue weighted by Gasteiger charge is -2.40. The fourth-order valence-electron chi connectivity index (χ4n) is 7.42. The van der Waals surface area contributed by atoms with Gasteiger partial charge in [-0.2, -0.15) is 0 Å². The SMILES string of the molecule is CCCCCC/C=C\CCCCCCCC(=O)NC(COC1OC(CO)C(O)C(O)C1O)C(O)/C=C/CC/C=C/CC/C=C/CCCCCCCCCCCCCCC. The number of rotatable bonds is 40. The van der Waals surface area contributed by atoms with Gasteiger partial charge in [-0.05, 0) is 70.6 Å². The molecular weight excluding hydrogens is 743 g/mol. The van der Waals surface area contributed by atoms with Crippen LogP contribution in [-0.4, -0.2) is 87.5 Å². The van der Waals surface area contributed by atoms with Gasteiger partial charge in [-0.1, -0.05) is 178 Å². The van der Waals surface area contributed by atoms with E-state index in [0.717, 1.165) is 64.2 Å². The van der Waals surface area contributed by atoms with E-state index in [1.807, 2.05) is 6.08 Å². The average molecular weight is 834 g/mol. The van der Waals surface area contributed by atoms with Gasteiger partial charge in [-0.15, -0.1) is 0 Å². The highest BCUT2D eigenvalue weighted by Gasteiger charge is 2.44. The average Bonchev–Trinajstić information content (AvgIpc) is 3.23. The van der Waals surface area contributed by atoms with Crippen molar-refractivity contribution in [2.75, 3.05) is 13.2 Å². The van der Waals surface area contributed by atoms with Crippen LogP contribution in [0.15, 0.2) is 48.6 Å². The van der Waals surface area contributed by atoms with E-state index in [4.69, 9.17) is 9.47 Å². The molecule has 1 saturated heterocycles. The van der Waals surface area contributed by atoms with Crippen LogP contribution in [0.2, 0.25) is 0 Å². The van der Waals surface area contributed by atoms with Crippen LogP contribution in [-0.2, 0) is 14.3 Å². The number of allylic oxidation sites excluding steroid dienone is 7. The van der Waals surface area contributed by atoms with Gasteiger partial charge in [0.05, 0.1) is 25.4 Å². The number of amides is 1. The van der Waals surface area contributed by atoms with Crippen molar-refractivity contribution in [3.05, 3.63) is 48.6 Å². The summed E-state index contributed by atoms with van der Waals surface area (Å²) in [5, 5.41) is 54.2. The molecule has 9 nitrogen and oxygen atoms in total. The Bertz CT molecular complexity index is 1060. The lowest BCUT2D eigenvalue weighted by atomic mass is 9.99. The minimum atomic E-state index is -1.58. The van der Waals surface area contributed by atoms with Crippen molar-refractivity contribution in [2.24, 2.45) is 0 Å². The molecule has 344 valence electrons. The second kappa shape index (κ2) is 40.2. The molecule has 1 aliphatic rings. The molecule has 7 atom stereocenters. The zero-order valence-corrected chi connectivity index (χ0v) is 37.7. The van der Waals surface area contributed by atoms with E-state index in [1.165, 1.54) is 122 Å². The van der Waals surface area contributed by atoms with E-state index < -0.39 is 49.5 Å². The van der Waals surface area contributed by atoms with Crippen LogP contribution in [0, 0.1) is 0 Å². The van der Waals surface area contributed by atoms with Crippen molar-refractivity contribution < 1.29 is 39.8 Å². The maximum absolute atomic E-state index is 12.9. The van der Waals surface area contributed by atoms with Gasteiger partial charge in [-0.3, -0.25) is 4.79 Å². The number of unbranched alkanes of at least 4 members (excludes halogenated alkanes) is 24. The van der Waals surface area contributed by atoms with Crippen LogP contribution in [0.1, 0.15) is 206 Å². The molecular formula is C50H91NO8. The third kappa shape index (κ3) is 30.8. The lowest BCUT2D eigenvalue weighted by Crippen LogP contribution is -2.60. The number of nitrogens with one attached hydrogen (secondary N) is 1. The molecule has 1 aliphatic heterocycles. The molecule has 1 heterocycles. The largest absolute Gasteiger partial charge is 0.394 e. The lowest BCUT2D eigenvalue weighted by molar-refractivity contribution is -0.302. The minimum absolute atomic E-state index is 0.202. The quantitative estimate of drug-likeness (QED) is 0.0264. The molecule has 7 unspecified atom stereocenters. The van der Waals surface area contributed by atoms with Crippen molar-refractivity contribution in [1.29, 1.82) is 0 Å². The molecule has 0 saturated carbocycles. The van der Waals surface area contributed by atoms with Crippen LogP contribution in [0.4, 0.5) is 0 Å². The van der Waals surface area contributed by atoms with Gasteiger partial charge in [0.2, 0.25) is 5.91 Å². The highest BCUT2D eigenvalue weighted by molar-refractivity contribution is 5.76. The summed E-state index contributed by atoms with van der Waals surface area (Å²) >= 11 is 0. The van der Waals surface area contributed by atoms with Gasteiger partial charge >= 0.3 is 0 Å². The Morgan fingerprint density at radius 2 is 0.966 bits per heavy atom. The molecule has 0 aromatic rings. The van der Waals surface area contributed by atoms with Gasteiger partial charge in [0, 0.05) is 6.42 Å². The van der Waals surface area contributed by atoms with Gasteiger partial charge in [0.15, 0.2) is 6.29 Å². The Balaban J connectivity index is 2.35. The summed E-state index contributed by atoms with van der Waals surface area (Å²) in [5.74, 6) is -0.202. The highest BCUT2D eigenvalue weighted by atomic mass is 16.7. The maximum atomic E-state index is 12.9. The molecule has 0 aliphatic carbocycles. The van der Waals surface area contributed by atoms with Crippen molar-refractivity contribution in [3.63, 3.8) is 0 Å². The third-order valence-electron chi connectivity index (χ3n) is 11.4. The summed E-state index contributed by atoms with van der Waals surface area (Å²) in [6.45, 7) is 3.73. The minimum Gasteiger partial charge on any atom is -0.394 e. The molecule has 9 heteroatoms. The number of hydrogen-bond donors (Lipinski definition) is 6. The van der Waals surface area contributed by atoms with Crippen LogP contribution < -0.4 is 5.32 Å². The molecule has 0 bridgehead atoms. The molecule has 0 spiro atoms. The predicted octanol–water partition coefficient (Wildman–Crippen LogP) is 10.6. The fourth-order valence-corrected chi connectivity index (χ4v) is 7.42. The molecule has 0 radical (unpaired) electrons. The number of aliphatic hydroxyl groups is 5. The standard InChI is InChI=1S/C50H91NO8/c1-3-5-7-9-11-13-15-17-18-19-20-21-22-23-24-25-26-28-29-31-33-35-37-39-44(53)43(42-58-50-49(57)48(56)47(55)45(41-52)59-50)51-46(54)40-38-36-34-32-30-27-16-14-12-10-8-6-4-2/h14,16,24-25,29,31,37,39,43-45,47-50,52-53,55-57H,3-13,15,17-23,26-28,30,32-36,38,40-42H2,1-2H3,(H,51,54)/b16-14-,25-24+,31-29+,39-37+. The number of carbonyl (C=O) groups excluding carboxylic acids is 1. The molecule has 1 fully saturated rings. The van der Waals surface area contributed by atoms with E-state index in [0.29, 0.717) is 6.42 Å². The monoisotopic (exact) mass is 834 g/mol. The number of hydrogen-bond acceptors (Lipinski definition) is 8. The number of ether oxygens (including phenoxy) is 2. The molecule has 6 N–H and O–H groups in total. The predicted molar refractivity (Wildman–Crippen MR) is 244 cm³/mol. The van der Waals surface area contributed by atoms with Gasteiger partial charge < -0.3 is 40.3 Å². The van der Waals surface area contributed by atoms with Crippen molar-refractivity contribution in [3.8, 4) is 0 Å². The fraction of sp³-hybridized carbons (Fsp3) is 0.820. The van der Waals surface area contributed by atoms with Crippen LogP contribution in [0.3, 0.4) is 0 Å². The second-order valence-corrected chi connectivity index (χ2v) is 16.9. The maximum Gasteiger partial charge on any atom is 0.220 e. The Morgan fingerprint density at radius 1 is 0.559 bits per heavy atom. The van der Waals surface area contributed by atoms with E-state index in [2.05, 4.69) is 55.6 Å². The van der Waals surface area contributed by atoms with Crippen molar-refractivity contribution in [2.45, 2.75) is 249 Å². The Kier molecular flexibility index (Phi) is 37.6. The first-order valence-electron chi connectivity index (χ1n) is 24.4. The molecule has 1 amide bonds. The summed E-state index contributed by atoms with van der Waals surface area (Å²) in [6, 6.07) is -0.832. The van der Waals surface area contributed by atoms with Gasteiger partial charge in [0.1, 0.15) is 24.4 Å². The Morgan fingerprint density at radius 3 is 1.44 bits per heavy atom.